The lowest BCUT2D eigenvalue weighted by Crippen LogP contribution is -2.27. The number of carbonyl (C=O) groups is 2. The zero-order valence-corrected chi connectivity index (χ0v) is 13.3. The average Bonchev–Trinajstić information content (AvgIpc) is 3.15. The van der Waals surface area contributed by atoms with Crippen LogP contribution >= 0.6 is 0 Å². The Labute approximate surface area is 143 Å². The van der Waals surface area contributed by atoms with Gasteiger partial charge in [0.2, 0.25) is 0 Å². The van der Waals surface area contributed by atoms with Gasteiger partial charge in [-0.2, -0.15) is 0 Å². The Balaban J connectivity index is 1.98. The Morgan fingerprint density at radius 1 is 1.04 bits per heavy atom. The van der Waals surface area contributed by atoms with Gasteiger partial charge in [0.05, 0.1) is 4.92 Å². The number of carbonyl (C=O) groups excluding carboxylic acids is 1. The summed E-state index contributed by atoms with van der Waals surface area (Å²) >= 11 is 0. The van der Waals surface area contributed by atoms with Crippen molar-refractivity contribution < 1.29 is 19.6 Å². The summed E-state index contributed by atoms with van der Waals surface area (Å²) in [4.78, 5) is 35.8. The lowest BCUT2D eigenvalue weighted by atomic mass is 10.00. The third-order valence-corrected chi connectivity index (χ3v) is 4.26. The van der Waals surface area contributed by atoms with Crippen molar-refractivity contribution in [2.45, 2.75) is 12.8 Å². The van der Waals surface area contributed by atoms with Crippen molar-refractivity contribution in [3.05, 3.63) is 63.7 Å². The molecule has 0 radical (unpaired) electrons. The molecule has 0 saturated carbocycles. The van der Waals surface area contributed by atoms with Crippen LogP contribution in [-0.2, 0) is 0 Å². The van der Waals surface area contributed by atoms with Crippen molar-refractivity contribution >= 4 is 17.6 Å². The Morgan fingerprint density at radius 2 is 1.72 bits per heavy atom. The van der Waals surface area contributed by atoms with Crippen LogP contribution in [0.5, 0.6) is 0 Å². The molecule has 1 amide bonds. The number of likely N-dealkylation sites (tertiary alicyclic amines) is 1. The highest BCUT2D eigenvalue weighted by atomic mass is 16.6. The van der Waals surface area contributed by atoms with Crippen LogP contribution in [0.2, 0.25) is 0 Å². The number of nitro benzene ring substituents is 1. The Bertz CT molecular complexity index is 856. The summed E-state index contributed by atoms with van der Waals surface area (Å²) in [6, 6.07) is 10.8. The predicted molar refractivity (Wildman–Crippen MR) is 90.6 cm³/mol. The number of nitro groups is 1. The first-order chi connectivity index (χ1) is 12.0. The molecular formula is C18H16N2O5. The average molecular weight is 340 g/mol. The first kappa shape index (κ1) is 16.6. The van der Waals surface area contributed by atoms with Crippen LogP contribution in [0.15, 0.2) is 42.5 Å². The summed E-state index contributed by atoms with van der Waals surface area (Å²) < 4.78 is 0. The molecule has 7 heteroatoms. The number of hydrogen-bond donors (Lipinski definition) is 1. The van der Waals surface area contributed by atoms with E-state index in [0.29, 0.717) is 16.7 Å². The molecule has 0 aliphatic carbocycles. The summed E-state index contributed by atoms with van der Waals surface area (Å²) in [5.41, 5.74) is 0.807. The lowest BCUT2D eigenvalue weighted by Gasteiger charge is -2.15. The molecule has 1 N–H and O–H groups in total. The number of carboxylic acid groups (broad SMARTS) is 1. The van der Waals surface area contributed by atoms with E-state index < -0.39 is 16.6 Å². The maximum atomic E-state index is 12.5. The van der Waals surface area contributed by atoms with E-state index in [1.165, 1.54) is 18.2 Å². The summed E-state index contributed by atoms with van der Waals surface area (Å²) in [5, 5.41) is 20.2. The van der Waals surface area contributed by atoms with Crippen LogP contribution in [0.1, 0.15) is 33.6 Å². The second kappa shape index (κ2) is 6.72. The van der Waals surface area contributed by atoms with E-state index in [9.17, 15) is 19.7 Å². The smallest absolute Gasteiger partial charge is 0.342 e. The second-order valence-corrected chi connectivity index (χ2v) is 5.87. The number of rotatable bonds is 4. The predicted octanol–water partition coefficient (Wildman–Crippen LogP) is 3.20. The first-order valence-electron chi connectivity index (χ1n) is 7.89. The van der Waals surface area contributed by atoms with Gasteiger partial charge >= 0.3 is 5.97 Å². The van der Waals surface area contributed by atoms with Crippen LogP contribution in [0.4, 0.5) is 5.69 Å². The molecule has 0 bridgehead atoms. The number of benzene rings is 2. The van der Waals surface area contributed by atoms with Crippen LogP contribution < -0.4 is 0 Å². The topological polar surface area (TPSA) is 101 Å². The van der Waals surface area contributed by atoms with Crippen LogP contribution in [0.25, 0.3) is 11.1 Å². The third-order valence-electron chi connectivity index (χ3n) is 4.26. The van der Waals surface area contributed by atoms with Crippen LogP contribution in [-0.4, -0.2) is 39.9 Å². The molecule has 1 fully saturated rings. The van der Waals surface area contributed by atoms with Gasteiger partial charge in [-0.15, -0.1) is 0 Å². The number of nitrogens with zero attached hydrogens (tertiary/aromatic N) is 2. The van der Waals surface area contributed by atoms with E-state index in [2.05, 4.69) is 0 Å². The molecule has 0 spiro atoms. The maximum absolute atomic E-state index is 12.5. The van der Waals surface area contributed by atoms with Crippen molar-refractivity contribution in [2.24, 2.45) is 0 Å². The quantitative estimate of drug-likeness (QED) is 0.680. The standard InChI is InChI=1S/C18H16N2O5/c21-17(19-8-1-2-9-19)14-5-3-4-12(10-14)13-6-7-15(18(22)23)16(11-13)20(24)25/h3-7,10-11H,1-2,8-9H2,(H,22,23). The largest absolute Gasteiger partial charge is 0.477 e. The van der Waals surface area contributed by atoms with E-state index in [-0.39, 0.29) is 11.5 Å². The monoisotopic (exact) mass is 340 g/mol. The fraction of sp³-hybridized carbons (Fsp3) is 0.222. The molecule has 0 unspecified atom stereocenters. The molecule has 1 aliphatic heterocycles. The van der Waals surface area contributed by atoms with E-state index in [0.717, 1.165) is 25.9 Å². The Hall–Kier alpha value is -3.22. The van der Waals surface area contributed by atoms with Gasteiger partial charge in [-0.25, -0.2) is 4.79 Å². The van der Waals surface area contributed by atoms with Gasteiger partial charge in [-0.05, 0) is 42.2 Å². The number of hydrogen-bond acceptors (Lipinski definition) is 4. The molecule has 0 atom stereocenters. The van der Waals surface area contributed by atoms with E-state index in [1.807, 2.05) is 0 Å². The van der Waals surface area contributed by atoms with Crippen molar-refractivity contribution in [2.75, 3.05) is 13.1 Å². The summed E-state index contributed by atoms with van der Waals surface area (Å²) in [7, 11) is 0. The molecule has 128 valence electrons. The van der Waals surface area contributed by atoms with Gasteiger partial charge in [0.15, 0.2) is 0 Å². The molecule has 1 saturated heterocycles. The van der Waals surface area contributed by atoms with Gasteiger partial charge < -0.3 is 10.0 Å². The molecular weight excluding hydrogens is 324 g/mol. The van der Waals surface area contributed by atoms with Gasteiger partial charge in [0.25, 0.3) is 11.6 Å². The molecule has 0 aromatic heterocycles. The number of amides is 1. The highest BCUT2D eigenvalue weighted by molar-refractivity contribution is 5.96. The minimum Gasteiger partial charge on any atom is -0.477 e. The highest BCUT2D eigenvalue weighted by Crippen LogP contribution is 2.28. The fourth-order valence-electron chi connectivity index (χ4n) is 2.98. The minimum atomic E-state index is -1.35. The first-order valence-corrected chi connectivity index (χ1v) is 7.89. The van der Waals surface area contributed by atoms with E-state index in [4.69, 9.17) is 5.11 Å². The molecule has 1 aliphatic rings. The van der Waals surface area contributed by atoms with E-state index >= 15 is 0 Å². The fourth-order valence-corrected chi connectivity index (χ4v) is 2.98. The molecule has 2 aromatic carbocycles. The zero-order chi connectivity index (χ0) is 18.0. The zero-order valence-electron chi connectivity index (χ0n) is 13.3. The Kier molecular flexibility index (Phi) is 4.47. The molecule has 7 nitrogen and oxygen atoms in total. The number of aromatic carboxylic acids is 1. The highest BCUT2D eigenvalue weighted by Gasteiger charge is 2.22. The van der Waals surface area contributed by atoms with Crippen molar-refractivity contribution in [1.82, 2.24) is 4.90 Å². The minimum absolute atomic E-state index is 0.0593. The van der Waals surface area contributed by atoms with Crippen molar-refractivity contribution in [3.8, 4) is 11.1 Å². The molecule has 3 rings (SSSR count). The van der Waals surface area contributed by atoms with Gasteiger partial charge in [-0.1, -0.05) is 18.2 Å². The Morgan fingerprint density at radius 3 is 2.36 bits per heavy atom. The lowest BCUT2D eigenvalue weighted by molar-refractivity contribution is -0.385. The SMILES string of the molecule is O=C(O)c1ccc(-c2cccc(C(=O)N3CCCC3)c2)cc1[N+](=O)[O-]. The van der Waals surface area contributed by atoms with Crippen LogP contribution in [0.3, 0.4) is 0 Å². The molecule has 25 heavy (non-hydrogen) atoms. The van der Waals surface area contributed by atoms with Gasteiger partial charge in [-0.3, -0.25) is 14.9 Å². The number of carboxylic acids is 1. The van der Waals surface area contributed by atoms with Crippen molar-refractivity contribution in [1.29, 1.82) is 0 Å². The summed E-state index contributed by atoms with van der Waals surface area (Å²) in [6.07, 6.45) is 1.99. The second-order valence-electron chi connectivity index (χ2n) is 5.87. The van der Waals surface area contributed by atoms with Crippen LogP contribution in [0, 0.1) is 10.1 Å². The third kappa shape index (κ3) is 3.35. The van der Waals surface area contributed by atoms with Gasteiger partial charge in [0.1, 0.15) is 5.56 Å². The summed E-state index contributed by atoms with van der Waals surface area (Å²) in [6.45, 7) is 1.48. The normalized spacial score (nSPS) is 13.7. The maximum Gasteiger partial charge on any atom is 0.342 e. The van der Waals surface area contributed by atoms with Crippen molar-refractivity contribution in [3.63, 3.8) is 0 Å². The molecule has 2 aromatic rings. The van der Waals surface area contributed by atoms with Gasteiger partial charge in [0, 0.05) is 24.7 Å². The van der Waals surface area contributed by atoms with E-state index in [1.54, 1.807) is 29.2 Å². The molecule has 1 heterocycles. The summed E-state index contributed by atoms with van der Waals surface area (Å²) in [5.74, 6) is -1.41.